The maximum absolute atomic E-state index is 13.1. The lowest BCUT2D eigenvalue weighted by atomic mass is 10.0. The van der Waals surface area contributed by atoms with Crippen molar-refractivity contribution in [2.45, 2.75) is 6.04 Å². The van der Waals surface area contributed by atoms with Crippen LogP contribution in [0, 0.1) is 0 Å². The summed E-state index contributed by atoms with van der Waals surface area (Å²) >= 11 is 0. The Balaban J connectivity index is 1.68. The summed E-state index contributed by atoms with van der Waals surface area (Å²) in [6, 6.07) is 15.3. The summed E-state index contributed by atoms with van der Waals surface area (Å²) in [5.74, 6) is -0.0711. The molecule has 1 atom stereocenters. The lowest BCUT2D eigenvalue weighted by molar-refractivity contribution is -0.120. The molecule has 2 heterocycles. The number of amides is 1. The van der Waals surface area contributed by atoms with Crippen molar-refractivity contribution in [3.8, 4) is 11.1 Å². The predicted molar refractivity (Wildman–Crippen MR) is 107 cm³/mol. The number of nitrogens with one attached hydrogen (secondary N) is 3. The fourth-order valence-corrected chi connectivity index (χ4v) is 3.42. The minimum atomic E-state index is -0.371. The summed E-state index contributed by atoms with van der Waals surface area (Å²) < 4.78 is 0. The van der Waals surface area contributed by atoms with Gasteiger partial charge in [0, 0.05) is 28.9 Å². The van der Waals surface area contributed by atoms with Crippen molar-refractivity contribution in [2.75, 3.05) is 19.4 Å². The molecule has 0 aliphatic rings. The van der Waals surface area contributed by atoms with E-state index in [0.717, 1.165) is 33.3 Å². The van der Waals surface area contributed by atoms with E-state index in [1.807, 2.05) is 79.9 Å². The summed E-state index contributed by atoms with van der Waals surface area (Å²) in [5.41, 5.74) is 4.66. The van der Waals surface area contributed by atoms with E-state index in [9.17, 15) is 4.79 Å². The van der Waals surface area contributed by atoms with Crippen molar-refractivity contribution in [1.29, 1.82) is 0 Å². The van der Waals surface area contributed by atoms with E-state index in [1.165, 1.54) is 0 Å². The van der Waals surface area contributed by atoms with E-state index in [1.54, 1.807) is 6.20 Å². The molecule has 0 fully saturated rings. The van der Waals surface area contributed by atoms with Crippen LogP contribution in [-0.2, 0) is 4.79 Å². The zero-order chi connectivity index (χ0) is 18.8. The number of para-hydroxylation sites is 1. The molecule has 0 spiro atoms. The van der Waals surface area contributed by atoms with Gasteiger partial charge in [-0.2, -0.15) is 5.10 Å². The summed E-state index contributed by atoms with van der Waals surface area (Å²) in [6.45, 7) is 0. The topological polar surface area (TPSA) is 76.8 Å². The van der Waals surface area contributed by atoms with Crippen LogP contribution in [0.3, 0.4) is 0 Å². The molecule has 0 saturated heterocycles. The molecule has 1 unspecified atom stereocenters. The minimum absolute atomic E-state index is 0.0711. The molecule has 6 heteroatoms. The summed E-state index contributed by atoms with van der Waals surface area (Å²) in [5, 5.41) is 11.0. The summed E-state index contributed by atoms with van der Waals surface area (Å²) in [6.07, 6.45) is 5.57. The predicted octanol–water partition coefficient (Wildman–Crippen LogP) is 3.80. The van der Waals surface area contributed by atoms with Gasteiger partial charge in [0.2, 0.25) is 5.91 Å². The van der Waals surface area contributed by atoms with Crippen molar-refractivity contribution < 1.29 is 4.79 Å². The lowest BCUT2D eigenvalue weighted by Gasteiger charge is -2.24. The molecule has 4 rings (SSSR count). The molecule has 3 N–H and O–H groups in total. The Labute approximate surface area is 157 Å². The first-order chi connectivity index (χ1) is 13.1. The average Bonchev–Trinajstić information content (AvgIpc) is 3.32. The van der Waals surface area contributed by atoms with E-state index < -0.39 is 0 Å². The van der Waals surface area contributed by atoms with Gasteiger partial charge >= 0.3 is 0 Å². The highest BCUT2D eigenvalue weighted by Crippen LogP contribution is 2.32. The highest BCUT2D eigenvalue weighted by Gasteiger charge is 2.23. The SMILES string of the molecule is CN(C)C(C(=O)Nc1cccc2c(-c3cn[nH]c3)c[nH]c12)c1ccccc1. The van der Waals surface area contributed by atoms with E-state index >= 15 is 0 Å². The Bertz CT molecular complexity index is 1050. The molecule has 0 saturated carbocycles. The Morgan fingerprint density at radius 2 is 1.89 bits per heavy atom. The zero-order valence-corrected chi connectivity index (χ0v) is 15.2. The highest BCUT2D eigenvalue weighted by atomic mass is 16.2. The number of H-pyrrole nitrogens is 2. The van der Waals surface area contributed by atoms with E-state index in [4.69, 9.17) is 0 Å². The van der Waals surface area contributed by atoms with Gasteiger partial charge < -0.3 is 10.3 Å². The molecule has 0 aliphatic heterocycles. The van der Waals surface area contributed by atoms with Gasteiger partial charge in [-0.25, -0.2) is 0 Å². The van der Waals surface area contributed by atoms with Crippen LogP contribution >= 0.6 is 0 Å². The van der Waals surface area contributed by atoms with Crippen molar-refractivity contribution >= 4 is 22.5 Å². The number of hydrogen-bond donors (Lipinski definition) is 3. The van der Waals surface area contributed by atoms with Crippen molar-refractivity contribution in [3.63, 3.8) is 0 Å². The van der Waals surface area contributed by atoms with Crippen LogP contribution in [0.1, 0.15) is 11.6 Å². The Hall–Kier alpha value is -3.38. The highest BCUT2D eigenvalue weighted by molar-refractivity contribution is 6.06. The summed E-state index contributed by atoms with van der Waals surface area (Å²) in [7, 11) is 3.81. The number of rotatable bonds is 5. The van der Waals surface area contributed by atoms with Crippen molar-refractivity contribution in [1.82, 2.24) is 20.1 Å². The first kappa shape index (κ1) is 17.1. The number of aromatic nitrogens is 3. The largest absolute Gasteiger partial charge is 0.359 e. The number of fused-ring (bicyclic) bond motifs is 1. The number of benzene rings is 2. The average molecular weight is 359 g/mol. The fourth-order valence-electron chi connectivity index (χ4n) is 3.42. The van der Waals surface area contributed by atoms with Gasteiger partial charge in [-0.15, -0.1) is 0 Å². The molecular weight excluding hydrogens is 338 g/mol. The number of hydrogen-bond acceptors (Lipinski definition) is 3. The molecule has 0 aliphatic carbocycles. The van der Waals surface area contributed by atoms with Gasteiger partial charge in [0.05, 0.1) is 17.4 Å². The van der Waals surface area contributed by atoms with Crippen LogP contribution in [0.2, 0.25) is 0 Å². The maximum atomic E-state index is 13.1. The van der Waals surface area contributed by atoms with Crippen molar-refractivity contribution in [3.05, 3.63) is 72.7 Å². The number of aromatic amines is 2. The second-order valence-electron chi connectivity index (χ2n) is 6.68. The number of carbonyl (C=O) groups is 1. The Kier molecular flexibility index (Phi) is 4.48. The molecule has 27 heavy (non-hydrogen) atoms. The molecule has 2 aromatic heterocycles. The van der Waals surface area contributed by atoms with Gasteiger partial charge in [0.25, 0.3) is 0 Å². The standard InChI is InChI=1S/C21H21N5O/c1-26(2)20(14-7-4-3-5-8-14)21(27)25-18-10-6-9-16-17(13-22-19(16)18)15-11-23-24-12-15/h3-13,20,22H,1-2H3,(H,23,24)(H,25,27). The maximum Gasteiger partial charge on any atom is 0.246 e. The van der Waals surface area contributed by atoms with Crippen LogP contribution in [0.4, 0.5) is 5.69 Å². The fraction of sp³-hybridized carbons (Fsp3) is 0.143. The Morgan fingerprint density at radius 1 is 1.07 bits per heavy atom. The van der Waals surface area contributed by atoms with Gasteiger partial charge in [-0.3, -0.25) is 14.8 Å². The monoisotopic (exact) mass is 359 g/mol. The smallest absolute Gasteiger partial charge is 0.246 e. The molecule has 4 aromatic rings. The van der Waals surface area contributed by atoms with Crippen LogP contribution in [0.5, 0.6) is 0 Å². The van der Waals surface area contributed by atoms with E-state index in [0.29, 0.717) is 0 Å². The first-order valence-electron chi connectivity index (χ1n) is 8.76. The lowest BCUT2D eigenvalue weighted by Crippen LogP contribution is -2.32. The van der Waals surface area contributed by atoms with Crippen LogP contribution in [0.15, 0.2) is 67.1 Å². The number of nitrogens with zero attached hydrogens (tertiary/aromatic N) is 2. The number of likely N-dealkylation sites (N-methyl/N-ethyl adjacent to an activating group) is 1. The molecule has 2 aromatic carbocycles. The molecule has 136 valence electrons. The number of carbonyl (C=O) groups excluding carboxylic acids is 1. The third-order valence-corrected chi connectivity index (χ3v) is 4.66. The molecule has 0 radical (unpaired) electrons. The normalized spacial score (nSPS) is 12.4. The van der Waals surface area contributed by atoms with Crippen LogP contribution < -0.4 is 5.32 Å². The van der Waals surface area contributed by atoms with Crippen molar-refractivity contribution in [2.24, 2.45) is 0 Å². The second-order valence-corrected chi connectivity index (χ2v) is 6.68. The molecular formula is C21H21N5O. The number of anilines is 1. The van der Waals surface area contributed by atoms with Gasteiger partial charge in [0.15, 0.2) is 0 Å². The minimum Gasteiger partial charge on any atom is -0.359 e. The summed E-state index contributed by atoms with van der Waals surface area (Å²) in [4.78, 5) is 18.3. The zero-order valence-electron chi connectivity index (χ0n) is 15.2. The van der Waals surface area contributed by atoms with Gasteiger partial charge in [-0.1, -0.05) is 42.5 Å². The van der Waals surface area contributed by atoms with Gasteiger partial charge in [0.1, 0.15) is 6.04 Å². The van der Waals surface area contributed by atoms with E-state index in [2.05, 4.69) is 20.5 Å². The van der Waals surface area contributed by atoms with Crippen LogP contribution in [0.25, 0.3) is 22.0 Å². The first-order valence-corrected chi connectivity index (χ1v) is 8.76. The molecule has 1 amide bonds. The molecule has 0 bridgehead atoms. The quantitative estimate of drug-likeness (QED) is 0.507. The third kappa shape index (κ3) is 3.22. The Morgan fingerprint density at radius 3 is 2.59 bits per heavy atom. The molecule has 6 nitrogen and oxygen atoms in total. The van der Waals surface area contributed by atoms with Crippen LogP contribution in [-0.4, -0.2) is 40.1 Å². The third-order valence-electron chi connectivity index (χ3n) is 4.66. The van der Waals surface area contributed by atoms with Gasteiger partial charge in [-0.05, 0) is 25.7 Å². The van der Waals surface area contributed by atoms with E-state index in [-0.39, 0.29) is 11.9 Å². The second kappa shape index (κ2) is 7.09.